The van der Waals surface area contributed by atoms with E-state index in [1.807, 2.05) is 0 Å². The number of aliphatic carboxylic acids is 1. The first-order valence-corrected chi connectivity index (χ1v) is 9.45. The molecule has 3 rings (SSSR count). The molecule has 2 aliphatic rings. The highest BCUT2D eigenvalue weighted by molar-refractivity contribution is 6.33. The van der Waals surface area contributed by atoms with Gasteiger partial charge in [-0.2, -0.15) is 0 Å². The minimum atomic E-state index is -1.45. The zero-order valence-corrected chi connectivity index (χ0v) is 16.3. The third kappa shape index (κ3) is 3.82. The molecule has 0 heterocycles. The number of esters is 1. The highest BCUT2D eigenvalue weighted by Crippen LogP contribution is 2.62. The van der Waals surface area contributed by atoms with E-state index in [-0.39, 0.29) is 25.6 Å². The lowest BCUT2D eigenvalue weighted by atomic mass is 9.90. The number of carbonyl (C=O) groups excluding carboxylic acids is 2. The molecule has 2 saturated carbocycles. The summed E-state index contributed by atoms with van der Waals surface area (Å²) in [5, 5.41) is 12.8. The second kappa shape index (κ2) is 8.01. The second-order valence-electron chi connectivity index (χ2n) is 6.89. The summed E-state index contributed by atoms with van der Waals surface area (Å²) in [6.45, 7) is 3.27. The van der Waals surface area contributed by atoms with Crippen molar-refractivity contribution in [2.75, 3.05) is 6.61 Å². The first-order valence-electron chi connectivity index (χ1n) is 8.70. The Hall–Kier alpha value is -2.25. The van der Waals surface area contributed by atoms with Crippen molar-refractivity contribution in [3.8, 4) is 0 Å². The highest BCUT2D eigenvalue weighted by Gasteiger charge is 2.72. The Balaban J connectivity index is 1.78. The zero-order valence-electron chi connectivity index (χ0n) is 14.8. The third-order valence-electron chi connectivity index (χ3n) is 5.28. The molecule has 0 spiro atoms. The minimum absolute atomic E-state index is 0.0362. The molecule has 1 amide bonds. The van der Waals surface area contributed by atoms with Crippen molar-refractivity contribution in [3.05, 3.63) is 46.5 Å². The van der Waals surface area contributed by atoms with Crippen LogP contribution >= 0.6 is 23.2 Å². The molecule has 2 N–H and O–H groups in total. The quantitative estimate of drug-likeness (QED) is 0.510. The van der Waals surface area contributed by atoms with Crippen molar-refractivity contribution in [3.63, 3.8) is 0 Å². The summed E-state index contributed by atoms with van der Waals surface area (Å²) in [4.78, 5) is 36.5. The Labute approximate surface area is 171 Å². The molecular formula is C19H19Cl2NO6. The smallest absolute Gasteiger partial charge is 0.408 e. The van der Waals surface area contributed by atoms with Gasteiger partial charge in [0, 0.05) is 21.5 Å². The van der Waals surface area contributed by atoms with Gasteiger partial charge < -0.3 is 19.9 Å². The largest absolute Gasteiger partial charge is 0.481 e. The lowest BCUT2D eigenvalue weighted by Gasteiger charge is -2.30. The van der Waals surface area contributed by atoms with Crippen LogP contribution in [0.25, 0.3) is 0 Å². The van der Waals surface area contributed by atoms with Crippen LogP contribution in [0.3, 0.4) is 0 Å². The number of carboxylic acids is 1. The van der Waals surface area contributed by atoms with Crippen molar-refractivity contribution in [1.29, 1.82) is 0 Å². The number of rotatable bonds is 7. The number of carbonyl (C=O) groups is 3. The molecule has 28 heavy (non-hydrogen) atoms. The van der Waals surface area contributed by atoms with E-state index < -0.39 is 35.4 Å². The summed E-state index contributed by atoms with van der Waals surface area (Å²) in [7, 11) is 0. The van der Waals surface area contributed by atoms with Crippen LogP contribution < -0.4 is 5.32 Å². The molecule has 0 saturated heterocycles. The summed E-state index contributed by atoms with van der Waals surface area (Å²) in [5.41, 5.74) is -0.941. The van der Waals surface area contributed by atoms with Crippen LogP contribution in [0.4, 0.5) is 4.79 Å². The average molecular weight is 428 g/mol. The molecule has 2 aliphatic carbocycles. The van der Waals surface area contributed by atoms with Gasteiger partial charge in [0.05, 0.1) is 5.92 Å². The maximum atomic E-state index is 13.0. The van der Waals surface area contributed by atoms with Gasteiger partial charge >= 0.3 is 18.0 Å². The summed E-state index contributed by atoms with van der Waals surface area (Å²) in [6, 6.07) is 4.77. The molecule has 2 fully saturated rings. The van der Waals surface area contributed by atoms with Crippen molar-refractivity contribution in [1.82, 2.24) is 5.32 Å². The summed E-state index contributed by atoms with van der Waals surface area (Å²) >= 11 is 12.0. The molecule has 4 atom stereocenters. The van der Waals surface area contributed by atoms with Gasteiger partial charge in [-0.05, 0) is 37.0 Å². The van der Waals surface area contributed by atoms with Gasteiger partial charge in [0.25, 0.3) is 0 Å². The van der Waals surface area contributed by atoms with E-state index in [4.69, 9.17) is 32.7 Å². The maximum Gasteiger partial charge on any atom is 0.408 e. The lowest BCUT2D eigenvalue weighted by molar-refractivity contribution is -0.154. The standard InChI is InChI=1S/C19H19Cl2NO6/c1-2-7-27-18(26)22-19(6-5-12-14(15(12)19)16(23)24)17(25)28-9-10-8-11(20)3-4-13(10)21/h2-4,8,12,14-15H,1,5-7,9H2,(H,22,26)(H,23,24)/t12-,14-,15-,19-/m0/s1. The van der Waals surface area contributed by atoms with E-state index in [9.17, 15) is 19.5 Å². The van der Waals surface area contributed by atoms with Crippen molar-refractivity contribution >= 4 is 41.2 Å². The normalized spacial score (nSPS) is 27.4. The number of amides is 1. The second-order valence-corrected chi connectivity index (χ2v) is 7.73. The Kier molecular flexibility index (Phi) is 5.86. The van der Waals surface area contributed by atoms with Crippen LogP contribution in [-0.4, -0.2) is 35.3 Å². The van der Waals surface area contributed by atoms with Crippen LogP contribution in [-0.2, 0) is 25.7 Å². The van der Waals surface area contributed by atoms with Crippen molar-refractivity contribution in [2.24, 2.45) is 17.8 Å². The predicted octanol–water partition coefficient (Wildman–Crippen LogP) is 3.43. The number of benzene rings is 1. The molecule has 0 aromatic heterocycles. The monoisotopic (exact) mass is 427 g/mol. The minimum Gasteiger partial charge on any atom is -0.481 e. The van der Waals surface area contributed by atoms with E-state index in [0.717, 1.165) is 0 Å². The van der Waals surface area contributed by atoms with Gasteiger partial charge in [-0.25, -0.2) is 9.59 Å². The molecule has 150 valence electrons. The maximum absolute atomic E-state index is 13.0. The molecule has 7 nitrogen and oxygen atoms in total. The van der Waals surface area contributed by atoms with E-state index in [2.05, 4.69) is 11.9 Å². The van der Waals surface area contributed by atoms with Crippen molar-refractivity contribution in [2.45, 2.75) is 25.0 Å². The number of ether oxygens (including phenoxy) is 2. The molecule has 0 bridgehead atoms. The Morgan fingerprint density at radius 3 is 2.71 bits per heavy atom. The van der Waals surface area contributed by atoms with Gasteiger partial charge in [0.15, 0.2) is 0 Å². The number of alkyl carbamates (subject to hydrolysis) is 1. The van der Waals surface area contributed by atoms with Gasteiger partial charge in [0.1, 0.15) is 18.8 Å². The van der Waals surface area contributed by atoms with Gasteiger partial charge in [-0.3, -0.25) is 4.79 Å². The molecule has 0 unspecified atom stereocenters. The lowest BCUT2D eigenvalue weighted by Crippen LogP contribution is -2.56. The van der Waals surface area contributed by atoms with Crippen LogP contribution in [0.2, 0.25) is 10.0 Å². The third-order valence-corrected chi connectivity index (χ3v) is 5.89. The number of fused-ring (bicyclic) bond motifs is 1. The van der Waals surface area contributed by atoms with E-state index in [1.54, 1.807) is 18.2 Å². The van der Waals surface area contributed by atoms with E-state index in [0.29, 0.717) is 22.0 Å². The number of halogens is 2. The van der Waals surface area contributed by atoms with Crippen LogP contribution in [0.15, 0.2) is 30.9 Å². The zero-order chi connectivity index (χ0) is 20.5. The van der Waals surface area contributed by atoms with E-state index in [1.165, 1.54) is 6.08 Å². The Morgan fingerprint density at radius 1 is 1.32 bits per heavy atom. The number of nitrogens with one attached hydrogen (secondary N) is 1. The molecule has 1 aromatic rings. The van der Waals surface area contributed by atoms with Crippen LogP contribution in [0.5, 0.6) is 0 Å². The van der Waals surface area contributed by atoms with Crippen LogP contribution in [0.1, 0.15) is 18.4 Å². The van der Waals surface area contributed by atoms with Gasteiger partial charge in [-0.1, -0.05) is 35.9 Å². The SMILES string of the molecule is C=CCOC(=O)N[C@@]1(C(=O)OCc2cc(Cl)ccc2Cl)CC[C@H]2[C@H](C(=O)O)[C@H]21. The summed E-state index contributed by atoms with van der Waals surface area (Å²) in [5.74, 6) is -3.12. The van der Waals surface area contributed by atoms with E-state index >= 15 is 0 Å². The highest BCUT2D eigenvalue weighted by atomic mass is 35.5. The van der Waals surface area contributed by atoms with Crippen molar-refractivity contribution < 1.29 is 29.0 Å². The topological polar surface area (TPSA) is 102 Å². The molecule has 9 heteroatoms. The Bertz CT molecular complexity index is 829. The molecular weight excluding hydrogens is 409 g/mol. The van der Waals surface area contributed by atoms with Crippen LogP contribution in [0, 0.1) is 17.8 Å². The molecule has 0 aliphatic heterocycles. The average Bonchev–Trinajstić information content (AvgIpc) is 3.29. The first-order chi connectivity index (χ1) is 13.3. The van der Waals surface area contributed by atoms with Gasteiger partial charge in [-0.15, -0.1) is 0 Å². The number of hydrogen-bond acceptors (Lipinski definition) is 5. The Morgan fingerprint density at radius 2 is 2.07 bits per heavy atom. The summed E-state index contributed by atoms with van der Waals surface area (Å²) < 4.78 is 10.3. The summed E-state index contributed by atoms with van der Waals surface area (Å²) in [6.07, 6.45) is 1.34. The first kappa shape index (κ1) is 20.5. The number of carboxylic acid groups (broad SMARTS) is 1. The fourth-order valence-corrected chi connectivity index (χ4v) is 4.38. The molecule has 0 radical (unpaired) electrons. The number of hydrogen-bond donors (Lipinski definition) is 2. The fraction of sp³-hybridized carbons (Fsp3) is 0.421. The predicted molar refractivity (Wildman–Crippen MR) is 101 cm³/mol. The molecule has 1 aromatic carbocycles. The van der Waals surface area contributed by atoms with Gasteiger partial charge in [0.2, 0.25) is 0 Å². The fourth-order valence-electron chi connectivity index (χ4n) is 4.02.